The van der Waals surface area contributed by atoms with Crippen LogP contribution in [-0.2, 0) is 16.2 Å². The molecule has 0 bridgehead atoms. The molecule has 0 aliphatic carbocycles. The van der Waals surface area contributed by atoms with Crippen LogP contribution in [0.5, 0.6) is 5.75 Å². The molecule has 1 aliphatic rings. The van der Waals surface area contributed by atoms with E-state index in [0.717, 1.165) is 17.0 Å². The highest BCUT2D eigenvalue weighted by molar-refractivity contribution is 6.31. The number of benzene rings is 2. The smallest absolute Gasteiger partial charge is 0.277 e. The molecular weight excluding hydrogens is 500 g/mol. The van der Waals surface area contributed by atoms with Crippen LogP contribution in [0.4, 0.5) is 20.2 Å². The molecule has 2 heterocycles. The summed E-state index contributed by atoms with van der Waals surface area (Å²) < 4.78 is 33.8. The molecule has 4 rings (SSSR count). The molecule has 0 saturated carbocycles. The molecule has 0 atom stereocenters. The summed E-state index contributed by atoms with van der Waals surface area (Å²) in [7, 11) is 0. The van der Waals surface area contributed by atoms with Gasteiger partial charge in [-0.15, -0.1) is 0 Å². The quantitative estimate of drug-likeness (QED) is 0.517. The van der Waals surface area contributed by atoms with Crippen molar-refractivity contribution in [2.24, 2.45) is 0 Å². The van der Waals surface area contributed by atoms with E-state index in [1.807, 2.05) is 0 Å². The van der Waals surface area contributed by atoms with Gasteiger partial charge < -0.3 is 14.9 Å². The Hall–Kier alpha value is -3.80. The van der Waals surface area contributed by atoms with Gasteiger partial charge in [-0.05, 0) is 37.3 Å². The molecule has 36 heavy (non-hydrogen) atoms. The fourth-order valence-electron chi connectivity index (χ4n) is 3.89. The number of aromatic nitrogens is 1. The van der Waals surface area contributed by atoms with Gasteiger partial charge in [-0.2, -0.15) is 0 Å². The summed E-state index contributed by atoms with van der Waals surface area (Å²) in [4.78, 5) is 39.9. The van der Waals surface area contributed by atoms with Gasteiger partial charge in [-0.25, -0.2) is 8.78 Å². The zero-order valence-corrected chi connectivity index (χ0v) is 19.6. The minimum Gasteiger partial charge on any atom is -0.487 e. The summed E-state index contributed by atoms with van der Waals surface area (Å²) in [5.74, 6) is -2.86. The van der Waals surface area contributed by atoms with E-state index in [1.54, 1.807) is 6.92 Å². The Labute approximate surface area is 208 Å². The average molecular weight is 520 g/mol. The zero-order chi connectivity index (χ0) is 26.1. The number of carbonyl (C=O) groups excluding carboxylic acids is 2. The largest absolute Gasteiger partial charge is 0.487 e. The predicted octanol–water partition coefficient (Wildman–Crippen LogP) is 2.28. The summed E-state index contributed by atoms with van der Waals surface area (Å²) in [6.45, 7) is -0.482. The van der Waals surface area contributed by atoms with Crippen LogP contribution in [0.3, 0.4) is 0 Å². The highest BCUT2D eigenvalue weighted by Crippen LogP contribution is 2.38. The van der Waals surface area contributed by atoms with E-state index in [1.165, 1.54) is 39.8 Å². The monoisotopic (exact) mass is 519 g/mol. The van der Waals surface area contributed by atoms with Crippen molar-refractivity contribution >= 4 is 34.8 Å². The number of rotatable bonds is 6. The van der Waals surface area contributed by atoms with Crippen molar-refractivity contribution in [3.8, 4) is 11.4 Å². The Morgan fingerprint density at radius 2 is 1.67 bits per heavy atom. The molecule has 0 radical (unpaired) electrons. The predicted molar refractivity (Wildman–Crippen MR) is 126 cm³/mol. The summed E-state index contributed by atoms with van der Waals surface area (Å²) in [5.41, 5.74) is 0.681. The molecule has 2 amide bonds. The normalized spacial score (nSPS) is 12.6. The maximum absolute atomic E-state index is 13.9. The van der Waals surface area contributed by atoms with Gasteiger partial charge in [-0.3, -0.25) is 28.8 Å². The SMILES string of the molecule is Cc1cc(OCc2ccc(F)cc2F)c(Cl)c(=O)n1-c1ccc2c(c1)N(C(=O)CO)CN2C(=O)CO. The maximum Gasteiger partial charge on any atom is 0.277 e. The number of aliphatic hydroxyl groups excluding tert-OH is 2. The van der Waals surface area contributed by atoms with Gasteiger partial charge >= 0.3 is 0 Å². The van der Waals surface area contributed by atoms with Gasteiger partial charge in [0.25, 0.3) is 17.4 Å². The molecule has 3 aromatic rings. The first-order valence-corrected chi connectivity index (χ1v) is 11.0. The minimum atomic E-state index is -0.809. The molecule has 1 aromatic heterocycles. The maximum atomic E-state index is 13.9. The fourth-order valence-corrected chi connectivity index (χ4v) is 4.08. The number of ether oxygens (including phenoxy) is 1. The van der Waals surface area contributed by atoms with Crippen molar-refractivity contribution < 1.29 is 33.3 Å². The Morgan fingerprint density at radius 1 is 1.00 bits per heavy atom. The van der Waals surface area contributed by atoms with Crippen LogP contribution in [0.25, 0.3) is 5.69 Å². The zero-order valence-electron chi connectivity index (χ0n) is 18.9. The third-order valence-electron chi connectivity index (χ3n) is 5.65. The number of anilines is 2. The summed E-state index contributed by atoms with van der Waals surface area (Å²) >= 11 is 6.26. The number of fused-ring (bicyclic) bond motifs is 1. The molecule has 0 fully saturated rings. The second-order valence-corrected chi connectivity index (χ2v) is 8.28. The number of halogens is 3. The van der Waals surface area contributed by atoms with Crippen LogP contribution < -0.4 is 20.1 Å². The highest BCUT2D eigenvalue weighted by atomic mass is 35.5. The van der Waals surface area contributed by atoms with E-state index in [0.29, 0.717) is 17.1 Å². The lowest BCUT2D eigenvalue weighted by molar-refractivity contribution is -0.121. The Balaban J connectivity index is 1.71. The molecule has 0 saturated heterocycles. The lowest BCUT2D eigenvalue weighted by Gasteiger charge is -2.18. The van der Waals surface area contributed by atoms with Gasteiger partial charge in [0.05, 0.1) is 17.1 Å². The number of aliphatic hydroxyl groups is 2. The Kier molecular flexibility index (Phi) is 7.07. The third-order valence-corrected chi connectivity index (χ3v) is 6.00. The first kappa shape index (κ1) is 25.3. The summed E-state index contributed by atoms with van der Waals surface area (Å²) in [6.07, 6.45) is 0. The number of aryl methyl sites for hydroxylation is 1. The van der Waals surface area contributed by atoms with E-state index in [2.05, 4.69) is 0 Å². The molecule has 188 valence electrons. The molecule has 0 unspecified atom stereocenters. The van der Waals surface area contributed by atoms with Crippen molar-refractivity contribution in [2.45, 2.75) is 13.5 Å². The van der Waals surface area contributed by atoms with Crippen LogP contribution in [0.2, 0.25) is 5.02 Å². The van der Waals surface area contributed by atoms with Gasteiger partial charge in [0.2, 0.25) is 0 Å². The van der Waals surface area contributed by atoms with E-state index in [9.17, 15) is 33.4 Å². The molecule has 2 aromatic carbocycles. The van der Waals surface area contributed by atoms with E-state index >= 15 is 0 Å². The Bertz CT molecular complexity index is 1430. The number of carbonyl (C=O) groups is 2. The standard InChI is InChI=1S/C24H20ClF2N3O6/c1-13-6-20(36-11-14-2-3-15(26)7-17(14)27)23(25)24(35)30(13)16-4-5-18-19(8-16)29(22(34)10-32)12-28(18)21(33)9-31/h2-8,31-32H,9-12H2,1H3. The second-order valence-electron chi connectivity index (χ2n) is 7.90. The topological polar surface area (TPSA) is 112 Å². The third kappa shape index (κ3) is 4.55. The van der Waals surface area contributed by atoms with Crippen LogP contribution in [-0.4, -0.2) is 46.5 Å². The Morgan fingerprint density at radius 3 is 2.31 bits per heavy atom. The first-order chi connectivity index (χ1) is 17.2. The van der Waals surface area contributed by atoms with Gasteiger partial charge in [0.15, 0.2) is 0 Å². The van der Waals surface area contributed by atoms with Gasteiger partial charge in [0.1, 0.15) is 48.9 Å². The number of nitrogens with zero attached hydrogens (tertiary/aromatic N) is 3. The molecule has 12 heteroatoms. The number of hydrogen-bond acceptors (Lipinski definition) is 6. The van der Waals surface area contributed by atoms with Gasteiger partial charge in [0, 0.05) is 23.4 Å². The fraction of sp³-hybridized carbons (Fsp3) is 0.208. The van der Waals surface area contributed by atoms with Crippen molar-refractivity contribution in [2.75, 3.05) is 29.7 Å². The molecule has 2 N–H and O–H groups in total. The van der Waals surface area contributed by atoms with E-state index in [-0.39, 0.29) is 35.3 Å². The van der Waals surface area contributed by atoms with Crippen molar-refractivity contribution in [1.29, 1.82) is 0 Å². The van der Waals surface area contributed by atoms with Crippen LogP contribution in [0.1, 0.15) is 11.3 Å². The molecule has 1 aliphatic heterocycles. The van der Waals surface area contributed by atoms with E-state index < -0.39 is 42.2 Å². The highest BCUT2D eigenvalue weighted by Gasteiger charge is 2.33. The lowest BCUT2D eigenvalue weighted by atomic mass is 10.2. The van der Waals surface area contributed by atoms with Crippen LogP contribution in [0, 0.1) is 18.6 Å². The molecule has 9 nitrogen and oxygen atoms in total. The lowest BCUT2D eigenvalue weighted by Crippen LogP contribution is -2.40. The van der Waals surface area contributed by atoms with Crippen molar-refractivity contribution in [3.05, 3.63) is 80.7 Å². The average Bonchev–Trinajstić information content (AvgIpc) is 3.24. The number of amides is 2. The minimum absolute atomic E-state index is 0.00268. The molecular formula is C24H20ClF2N3O6. The summed E-state index contributed by atoms with van der Waals surface area (Å²) in [6, 6.07) is 9.01. The summed E-state index contributed by atoms with van der Waals surface area (Å²) in [5, 5.41) is 18.3. The molecule has 0 spiro atoms. The first-order valence-electron chi connectivity index (χ1n) is 10.6. The van der Waals surface area contributed by atoms with Crippen molar-refractivity contribution in [1.82, 2.24) is 4.57 Å². The second kappa shape index (κ2) is 10.1. The van der Waals surface area contributed by atoms with Gasteiger partial charge in [-0.1, -0.05) is 11.6 Å². The number of pyridine rings is 1. The number of hydrogen-bond donors (Lipinski definition) is 2. The van der Waals surface area contributed by atoms with Crippen LogP contribution >= 0.6 is 11.6 Å². The van der Waals surface area contributed by atoms with E-state index in [4.69, 9.17) is 16.3 Å². The van der Waals surface area contributed by atoms with Crippen LogP contribution in [0.15, 0.2) is 47.3 Å². The van der Waals surface area contributed by atoms with Crippen molar-refractivity contribution in [3.63, 3.8) is 0 Å².